The highest BCUT2D eigenvalue weighted by molar-refractivity contribution is 6.13. The molecule has 0 spiro atoms. The number of fused-ring (bicyclic) bond motifs is 3. The van der Waals surface area contributed by atoms with Crippen LogP contribution in [0.2, 0.25) is 0 Å². The second kappa shape index (κ2) is 4.42. The van der Waals surface area contributed by atoms with Crippen LogP contribution >= 0.6 is 0 Å². The molecule has 0 unspecified atom stereocenters. The van der Waals surface area contributed by atoms with Gasteiger partial charge in [-0.15, -0.1) is 0 Å². The van der Waals surface area contributed by atoms with Crippen molar-refractivity contribution in [3.8, 4) is 11.5 Å². The first-order chi connectivity index (χ1) is 9.90. The fraction of sp³-hybridized carbons (Fsp3) is 0.250. The first-order valence-electron chi connectivity index (χ1n) is 6.90. The van der Waals surface area contributed by atoms with Crippen LogP contribution in [0.3, 0.4) is 0 Å². The van der Waals surface area contributed by atoms with Crippen LogP contribution < -0.4 is 15.2 Å². The monoisotopic (exact) mass is 268 g/mol. The van der Waals surface area contributed by atoms with Gasteiger partial charge in [-0.25, -0.2) is 0 Å². The summed E-state index contributed by atoms with van der Waals surface area (Å²) in [6.45, 7) is 2.63. The minimum atomic E-state index is 0.517. The summed E-state index contributed by atoms with van der Waals surface area (Å²) in [4.78, 5) is 0. The van der Waals surface area contributed by atoms with Gasteiger partial charge in [0.2, 0.25) is 0 Å². The molecule has 4 nitrogen and oxygen atoms in total. The van der Waals surface area contributed by atoms with Crippen LogP contribution in [-0.2, 0) is 6.54 Å². The Bertz CT molecular complexity index is 792. The van der Waals surface area contributed by atoms with Crippen LogP contribution in [0, 0.1) is 0 Å². The number of hydrogen-bond donors (Lipinski definition) is 1. The van der Waals surface area contributed by atoms with Crippen LogP contribution in [-0.4, -0.2) is 24.3 Å². The van der Waals surface area contributed by atoms with E-state index in [0.717, 1.165) is 28.9 Å². The molecule has 0 bridgehead atoms. The first kappa shape index (κ1) is 11.6. The molecule has 0 fully saturated rings. The molecule has 0 amide bonds. The van der Waals surface area contributed by atoms with E-state index in [0.29, 0.717) is 19.8 Å². The third-order valence-electron chi connectivity index (χ3n) is 3.78. The Labute approximate surface area is 116 Å². The fourth-order valence-corrected chi connectivity index (χ4v) is 3.02. The quantitative estimate of drug-likeness (QED) is 0.794. The van der Waals surface area contributed by atoms with E-state index >= 15 is 0 Å². The van der Waals surface area contributed by atoms with Crippen molar-refractivity contribution in [3.63, 3.8) is 0 Å². The standard InChI is InChI=1S/C16H16N2O2/c17-7-9-19-13-5-2-4-12-15(13)11-3-1-6-14-16(11)18(12)8-10-20-14/h1-6H,7-10,17H2. The Morgan fingerprint density at radius 3 is 3.00 bits per heavy atom. The Morgan fingerprint density at radius 2 is 2.10 bits per heavy atom. The van der Waals surface area contributed by atoms with Crippen LogP contribution in [0.15, 0.2) is 36.4 Å². The minimum absolute atomic E-state index is 0.517. The van der Waals surface area contributed by atoms with Gasteiger partial charge in [-0.05, 0) is 18.2 Å². The molecule has 2 N–H and O–H groups in total. The Kier molecular flexibility index (Phi) is 2.57. The third-order valence-corrected chi connectivity index (χ3v) is 3.78. The average molecular weight is 268 g/mol. The van der Waals surface area contributed by atoms with Crippen LogP contribution in [0.1, 0.15) is 0 Å². The molecule has 1 aliphatic heterocycles. The van der Waals surface area contributed by atoms with E-state index in [-0.39, 0.29) is 0 Å². The van der Waals surface area contributed by atoms with Crippen molar-refractivity contribution >= 4 is 21.8 Å². The van der Waals surface area contributed by atoms with E-state index in [1.807, 2.05) is 24.3 Å². The van der Waals surface area contributed by atoms with Gasteiger partial charge in [0.05, 0.1) is 17.6 Å². The van der Waals surface area contributed by atoms with E-state index in [2.05, 4.69) is 16.7 Å². The molecule has 3 aromatic rings. The first-order valence-corrected chi connectivity index (χ1v) is 6.90. The highest BCUT2D eigenvalue weighted by Crippen LogP contribution is 2.40. The van der Waals surface area contributed by atoms with E-state index in [9.17, 15) is 0 Å². The van der Waals surface area contributed by atoms with Gasteiger partial charge in [0.1, 0.15) is 24.7 Å². The predicted octanol–water partition coefficient (Wildman–Crippen LogP) is 2.52. The summed E-state index contributed by atoms with van der Waals surface area (Å²) >= 11 is 0. The van der Waals surface area contributed by atoms with Gasteiger partial charge >= 0.3 is 0 Å². The number of nitrogens with zero attached hydrogens (tertiary/aromatic N) is 1. The topological polar surface area (TPSA) is 49.4 Å². The highest BCUT2D eigenvalue weighted by atomic mass is 16.5. The molecule has 2 heterocycles. The van der Waals surface area contributed by atoms with Gasteiger partial charge in [-0.2, -0.15) is 0 Å². The molecule has 4 rings (SSSR count). The van der Waals surface area contributed by atoms with Crippen LogP contribution in [0.25, 0.3) is 21.8 Å². The maximum absolute atomic E-state index is 5.82. The predicted molar refractivity (Wildman–Crippen MR) is 79.5 cm³/mol. The van der Waals surface area contributed by atoms with Gasteiger partial charge in [-0.3, -0.25) is 0 Å². The lowest BCUT2D eigenvalue weighted by molar-refractivity contribution is 0.289. The largest absolute Gasteiger partial charge is 0.492 e. The smallest absolute Gasteiger partial charge is 0.143 e. The van der Waals surface area contributed by atoms with E-state index < -0.39 is 0 Å². The molecule has 0 saturated carbocycles. The summed E-state index contributed by atoms with van der Waals surface area (Å²) in [6, 6.07) is 12.4. The minimum Gasteiger partial charge on any atom is -0.492 e. The molecule has 0 atom stereocenters. The highest BCUT2D eigenvalue weighted by Gasteiger charge is 2.20. The fourth-order valence-electron chi connectivity index (χ4n) is 3.02. The van der Waals surface area contributed by atoms with E-state index in [4.69, 9.17) is 15.2 Å². The zero-order valence-corrected chi connectivity index (χ0v) is 11.1. The molecule has 2 aromatic carbocycles. The second-order valence-corrected chi connectivity index (χ2v) is 4.94. The average Bonchev–Trinajstić information content (AvgIpc) is 2.83. The number of para-hydroxylation sites is 1. The molecule has 0 saturated heterocycles. The van der Waals surface area contributed by atoms with Crippen LogP contribution in [0.4, 0.5) is 0 Å². The maximum atomic E-state index is 5.82. The number of aromatic nitrogens is 1. The molecular formula is C16H16N2O2. The summed E-state index contributed by atoms with van der Waals surface area (Å²) in [5.74, 6) is 1.85. The van der Waals surface area contributed by atoms with Gasteiger partial charge in [0, 0.05) is 17.3 Å². The molecule has 0 radical (unpaired) electrons. The van der Waals surface area contributed by atoms with Crippen molar-refractivity contribution in [2.24, 2.45) is 5.73 Å². The Hall–Kier alpha value is -2.20. The van der Waals surface area contributed by atoms with E-state index in [1.54, 1.807) is 0 Å². The number of benzene rings is 2. The molecule has 0 aliphatic carbocycles. The normalized spacial score (nSPS) is 13.7. The zero-order valence-electron chi connectivity index (χ0n) is 11.1. The number of hydrogen-bond acceptors (Lipinski definition) is 3. The molecule has 102 valence electrons. The van der Waals surface area contributed by atoms with Crippen molar-refractivity contribution < 1.29 is 9.47 Å². The lowest BCUT2D eigenvalue weighted by atomic mass is 10.1. The van der Waals surface area contributed by atoms with Crippen molar-refractivity contribution in [3.05, 3.63) is 36.4 Å². The number of nitrogens with two attached hydrogens (primary N) is 1. The number of ether oxygens (including phenoxy) is 2. The summed E-state index contributed by atoms with van der Waals surface area (Å²) in [5, 5.41) is 2.34. The number of rotatable bonds is 3. The van der Waals surface area contributed by atoms with Crippen molar-refractivity contribution in [2.75, 3.05) is 19.8 Å². The Balaban J connectivity index is 2.09. The van der Waals surface area contributed by atoms with Crippen LogP contribution in [0.5, 0.6) is 11.5 Å². The maximum Gasteiger partial charge on any atom is 0.143 e. The summed E-state index contributed by atoms with van der Waals surface area (Å²) in [6.07, 6.45) is 0. The van der Waals surface area contributed by atoms with Crippen molar-refractivity contribution in [1.29, 1.82) is 0 Å². The van der Waals surface area contributed by atoms with E-state index in [1.165, 1.54) is 10.9 Å². The summed E-state index contributed by atoms with van der Waals surface area (Å²) in [7, 11) is 0. The third kappa shape index (κ3) is 1.51. The summed E-state index contributed by atoms with van der Waals surface area (Å²) in [5.41, 5.74) is 7.91. The van der Waals surface area contributed by atoms with Gasteiger partial charge in [0.25, 0.3) is 0 Å². The van der Waals surface area contributed by atoms with Crippen molar-refractivity contribution in [2.45, 2.75) is 6.54 Å². The van der Waals surface area contributed by atoms with Gasteiger partial charge < -0.3 is 19.8 Å². The lowest BCUT2D eigenvalue weighted by Crippen LogP contribution is -2.13. The Morgan fingerprint density at radius 1 is 1.20 bits per heavy atom. The molecule has 1 aliphatic rings. The lowest BCUT2D eigenvalue weighted by Gasteiger charge is -2.17. The molecule has 20 heavy (non-hydrogen) atoms. The summed E-state index contributed by atoms with van der Waals surface area (Å²) < 4.78 is 13.9. The van der Waals surface area contributed by atoms with Crippen molar-refractivity contribution in [1.82, 2.24) is 4.57 Å². The second-order valence-electron chi connectivity index (χ2n) is 4.94. The van der Waals surface area contributed by atoms with Gasteiger partial charge in [-0.1, -0.05) is 18.2 Å². The zero-order chi connectivity index (χ0) is 13.5. The molecule has 1 aromatic heterocycles. The SMILES string of the molecule is NCCOc1cccc2c1c1cccc3c1n2CCO3. The molecule has 4 heteroatoms. The van der Waals surface area contributed by atoms with Gasteiger partial charge in [0.15, 0.2) is 0 Å². The molecular weight excluding hydrogens is 252 g/mol.